The van der Waals surface area contributed by atoms with Crippen LogP contribution in [0, 0.1) is 0 Å². The van der Waals surface area contributed by atoms with Gasteiger partial charge >= 0.3 is 0 Å². The van der Waals surface area contributed by atoms with Crippen LogP contribution in [0.5, 0.6) is 0 Å². The number of nitrogens with zero attached hydrogens (tertiary/aromatic N) is 1. The molecule has 0 fully saturated rings. The molecule has 0 radical (unpaired) electrons. The molecule has 0 aliphatic heterocycles. The number of rotatable bonds is 8. The number of hydrogen-bond donors (Lipinski definition) is 2. The average Bonchev–Trinajstić information content (AvgIpc) is 2.56. The Balaban J connectivity index is 0.00000625. The van der Waals surface area contributed by atoms with Crippen LogP contribution in [0.3, 0.4) is 0 Å². The van der Waals surface area contributed by atoms with Crippen LogP contribution >= 0.6 is 24.0 Å². The van der Waals surface area contributed by atoms with Crippen molar-refractivity contribution in [1.29, 1.82) is 0 Å². The van der Waals surface area contributed by atoms with E-state index in [0.717, 1.165) is 12.0 Å². The number of aliphatic imine (C=N–C) groups is 1. The van der Waals surface area contributed by atoms with Crippen molar-refractivity contribution in [2.24, 2.45) is 4.99 Å². The van der Waals surface area contributed by atoms with E-state index < -0.39 is 9.84 Å². The van der Waals surface area contributed by atoms with Crippen molar-refractivity contribution >= 4 is 39.8 Å². The zero-order chi connectivity index (χ0) is 18.9. The maximum atomic E-state index is 12.4. The topological polar surface area (TPSA) is 79.8 Å². The second kappa shape index (κ2) is 11.8. The van der Waals surface area contributed by atoms with Gasteiger partial charge in [0.25, 0.3) is 0 Å². The van der Waals surface area contributed by atoms with Gasteiger partial charge in [-0.1, -0.05) is 32.9 Å². The normalized spacial score (nSPS) is 12.4. The number of benzene rings is 1. The third-order valence-electron chi connectivity index (χ3n) is 3.78. The van der Waals surface area contributed by atoms with Gasteiger partial charge in [-0.3, -0.25) is 4.99 Å². The summed E-state index contributed by atoms with van der Waals surface area (Å²) in [6.07, 6.45) is 0.857. The Morgan fingerprint density at radius 3 is 2.19 bits per heavy atom. The molecule has 0 aromatic heterocycles. The van der Waals surface area contributed by atoms with Crippen LogP contribution in [0.4, 0.5) is 0 Å². The zero-order valence-electron chi connectivity index (χ0n) is 16.3. The van der Waals surface area contributed by atoms with Gasteiger partial charge in [0.2, 0.25) is 0 Å². The van der Waals surface area contributed by atoms with Crippen LogP contribution in [-0.2, 0) is 20.0 Å². The molecule has 1 rings (SSSR count). The van der Waals surface area contributed by atoms with Gasteiger partial charge < -0.3 is 15.4 Å². The van der Waals surface area contributed by atoms with Crippen LogP contribution in [-0.4, -0.2) is 54.0 Å². The largest absolute Gasteiger partial charge is 0.385 e. The smallest absolute Gasteiger partial charge is 0.191 e. The van der Waals surface area contributed by atoms with Crippen LogP contribution < -0.4 is 10.6 Å². The standard InChI is InChI=1S/C18H31N3O3S.HI/c1-18(2,3)15-7-9-16(10-8-15)25(22,23)14-12-21-17(19-4)20-11-6-13-24-5;/h7-10H,6,11-14H2,1-5H3,(H2,19,20,21);1H. The maximum absolute atomic E-state index is 12.4. The van der Waals surface area contributed by atoms with Crippen molar-refractivity contribution in [1.82, 2.24) is 10.6 Å². The molecule has 6 nitrogen and oxygen atoms in total. The zero-order valence-corrected chi connectivity index (χ0v) is 19.5. The molecule has 8 heteroatoms. The molecular weight excluding hydrogens is 465 g/mol. The molecule has 2 N–H and O–H groups in total. The van der Waals surface area contributed by atoms with E-state index in [2.05, 4.69) is 36.4 Å². The summed E-state index contributed by atoms with van der Waals surface area (Å²) in [7, 11) is -0.00402. The summed E-state index contributed by atoms with van der Waals surface area (Å²) >= 11 is 0. The summed E-state index contributed by atoms with van der Waals surface area (Å²) in [6.45, 7) is 7.99. The summed E-state index contributed by atoms with van der Waals surface area (Å²) in [6, 6.07) is 7.15. The van der Waals surface area contributed by atoms with Crippen LogP contribution in [0.2, 0.25) is 0 Å². The lowest BCUT2D eigenvalue weighted by atomic mass is 9.87. The van der Waals surface area contributed by atoms with Crippen LogP contribution in [0.25, 0.3) is 0 Å². The number of methoxy groups -OCH3 is 1. The summed E-state index contributed by atoms with van der Waals surface area (Å²) < 4.78 is 29.9. The predicted molar refractivity (Wildman–Crippen MR) is 118 cm³/mol. The van der Waals surface area contributed by atoms with E-state index in [1.807, 2.05) is 12.1 Å². The predicted octanol–water partition coefficient (Wildman–Crippen LogP) is 2.58. The highest BCUT2D eigenvalue weighted by Gasteiger charge is 2.17. The first-order valence-corrected chi connectivity index (χ1v) is 10.1. The van der Waals surface area contributed by atoms with Crippen molar-refractivity contribution in [3.8, 4) is 0 Å². The van der Waals surface area contributed by atoms with Crippen LogP contribution in [0.1, 0.15) is 32.8 Å². The number of nitrogens with one attached hydrogen (secondary N) is 2. The molecule has 26 heavy (non-hydrogen) atoms. The van der Waals surface area contributed by atoms with Crippen molar-refractivity contribution in [2.45, 2.75) is 37.5 Å². The van der Waals surface area contributed by atoms with Gasteiger partial charge in [-0.2, -0.15) is 0 Å². The summed E-state index contributed by atoms with van der Waals surface area (Å²) in [5, 5.41) is 6.15. The minimum atomic E-state index is -3.32. The number of hydrogen-bond acceptors (Lipinski definition) is 4. The highest BCUT2D eigenvalue weighted by Crippen LogP contribution is 2.23. The third-order valence-corrected chi connectivity index (χ3v) is 5.52. The highest BCUT2D eigenvalue weighted by molar-refractivity contribution is 14.0. The van der Waals surface area contributed by atoms with Crippen molar-refractivity contribution < 1.29 is 13.2 Å². The summed E-state index contributed by atoms with van der Waals surface area (Å²) in [4.78, 5) is 4.43. The van der Waals surface area contributed by atoms with Gasteiger partial charge in [-0.25, -0.2) is 8.42 Å². The quantitative estimate of drug-likeness (QED) is 0.250. The number of guanidine groups is 1. The lowest BCUT2D eigenvalue weighted by molar-refractivity contribution is 0.195. The van der Waals surface area contributed by atoms with Gasteiger partial charge in [0, 0.05) is 33.9 Å². The maximum Gasteiger partial charge on any atom is 0.191 e. The molecule has 0 aliphatic carbocycles. The Bertz CT molecular complexity index is 653. The fourth-order valence-electron chi connectivity index (χ4n) is 2.23. The molecule has 1 aromatic carbocycles. The Kier molecular flexibility index (Phi) is 11.4. The van der Waals surface area contributed by atoms with E-state index in [1.54, 1.807) is 26.3 Å². The second-order valence-electron chi connectivity index (χ2n) is 6.87. The van der Waals surface area contributed by atoms with E-state index in [1.165, 1.54) is 0 Å². The number of halogens is 1. The molecule has 0 spiro atoms. The first-order chi connectivity index (χ1) is 11.7. The highest BCUT2D eigenvalue weighted by atomic mass is 127. The molecule has 0 bridgehead atoms. The van der Waals surface area contributed by atoms with E-state index >= 15 is 0 Å². The molecule has 0 saturated heterocycles. The van der Waals surface area contributed by atoms with Gasteiger partial charge in [0.15, 0.2) is 15.8 Å². The first-order valence-electron chi connectivity index (χ1n) is 8.47. The van der Waals surface area contributed by atoms with Crippen molar-refractivity contribution in [2.75, 3.05) is 39.6 Å². The van der Waals surface area contributed by atoms with E-state index in [9.17, 15) is 8.42 Å². The Morgan fingerprint density at radius 2 is 1.69 bits per heavy atom. The van der Waals surface area contributed by atoms with Gasteiger partial charge in [-0.15, -0.1) is 24.0 Å². The van der Waals surface area contributed by atoms with E-state index in [4.69, 9.17) is 4.74 Å². The van der Waals surface area contributed by atoms with Crippen LogP contribution in [0.15, 0.2) is 34.2 Å². The fraction of sp³-hybridized carbons (Fsp3) is 0.611. The third kappa shape index (κ3) is 8.68. The molecule has 150 valence electrons. The Labute approximate surface area is 175 Å². The first kappa shape index (κ1) is 25.1. The summed E-state index contributed by atoms with van der Waals surface area (Å²) in [5.74, 6) is 0.607. The minimum Gasteiger partial charge on any atom is -0.385 e. The second-order valence-corrected chi connectivity index (χ2v) is 8.97. The van der Waals surface area contributed by atoms with Gasteiger partial charge in [0.05, 0.1) is 10.6 Å². The van der Waals surface area contributed by atoms with Gasteiger partial charge in [0.1, 0.15) is 0 Å². The van der Waals surface area contributed by atoms with E-state index in [-0.39, 0.29) is 35.1 Å². The molecule has 0 amide bonds. The lowest BCUT2D eigenvalue weighted by Crippen LogP contribution is -2.40. The molecule has 0 unspecified atom stereocenters. The number of ether oxygens (including phenoxy) is 1. The molecule has 0 saturated carbocycles. The summed E-state index contributed by atoms with van der Waals surface area (Å²) in [5.41, 5.74) is 1.12. The molecule has 1 aromatic rings. The van der Waals surface area contributed by atoms with Crippen molar-refractivity contribution in [3.63, 3.8) is 0 Å². The lowest BCUT2D eigenvalue weighted by Gasteiger charge is -2.19. The Morgan fingerprint density at radius 1 is 1.12 bits per heavy atom. The monoisotopic (exact) mass is 497 g/mol. The fourth-order valence-corrected chi connectivity index (χ4v) is 3.39. The minimum absolute atomic E-state index is 0. The van der Waals surface area contributed by atoms with Gasteiger partial charge in [-0.05, 0) is 29.5 Å². The molecular formula is C18H32IN3O3S. The van der Waals surface area contributed by atoms with Crippen molar-refractivity contribution in [3.05, 3.63) is 29.8 Å². The van der Waals surface area contributed by atoms with E-state index in [0.29, 0.717) is 30.6 Å². The Hall–Kier alpha value is -0.870. The SMILES string of the molecule is CN=C(NCCCOC)NCCS(=O)(=O)c1ccc(C(C)(C)C)cc1.I. The average molecular weight is 497 g/mol. The molecule has 0 atom stereocenters. The molecule has 0 aliphatic rings. The number of sulfone groups is 1. The molecule has 0 heterocycles.